The van der Waals surface area contributed by atoms with Gasteiger partial charge in [0, 0.05) is 53.9 Å². The lowest BCUT2D eigenvalue weighted by atomic mass is 10.0. The maximum Gasteiger partial charge on any atom is 0.340 e. The van der Waals surface area contributed by atoms with E-state index in [0.29, 0.717) is 22.2 Å². The highest BCUT2D eigenvalue weighted by molar-refractivity contribution is 6.11. The molecule has 1 N–H and O–H groups in total. The van der Waals surface area contributed by atoms with Crippen LogP contribution in [0.15, 0.2) is 61.2 Å². The van der Waals surface area contributed by atoms with Crippen molar-refractivity contribution in [1.82, 2.24) is 14.5 Å². The molecule has 1 aromatic carbocycles. The highest BCUT2D eigenvalue weighted by atomic mass is 35.5. The number of halogens is 2. The molecular weight excluding hydrogens is 425 g/mol. The van der Waals surface area contributed by atoms with E-state index < -0.39 is 5.97 Å². The molecule has 3 aromatic heterocycles. The van der Waals surface area contributed by atoms with Crippen molar-refractivity contribution in [2.45, 2.75) is 6.92 Å². The van der Waals surface area contributed by atoms with Gasteiger partial charge in [-0.05, 0) is 37.3 Å². The van der Waals surface area contributed by atoms with Gasteiger partial charge in [-0.3, -0.25) is 9.97 Å². The monoisotopic (exact) mass is 445 g/mol. The molecule has 0 saturated carbocycles. The summed E-state index contributed by atoms with van der Waals surface area (Å²) in [5.41, 5.74) is 4.16. The molecule has 0 fully saturated rings. The summed E-state index contributed by atoms with van der Waals surface area (Å²) in [5.74, 6) is -0.352. The number of hydrogen-bond acceptors (Lipinski definition) is 5. The maximum atomic E-state index is 12.8. The number of hydrogen-bond donors (Lipinski definition) is 1. The van der Waals surface area contributed by atoms with Crippen LogP contribution in [-0.2, 0) is 11.8 Å². The van der Waals surface area contributed by atoms with Crippen molar-refractivity contribution in [3.63, 3.8) is 0 Å². The van der Waals surface area contributed by atoms with E-state index in [0.717, 1.165) is 16.6 Å². The maximum absolute atomic E-state index is 12.8. The number of aromatic hydroxyl groups is 1. The molecule has 8 heteroatoms. The number of rotatable bonds is 4. The molecular formula is C22H21Cl2N3O3. The smallest absolute Gasteiger partial charge is 0.340 e. The lowest BCUT2D eigenvalue weighted by Crippen LogP contribution is -2.06. The number of fused-ring (bicyclic) bond motifs is 1. The highest BCUT2D eigenvalue weighted by Crippen LogP contribution is 2.39. The third-order valence-electron chi connectivity index (χ3n) is 4.70. The van der Waals surface area contributed by atoms with Crippen LogP contribution in [0.3, 0.4) is 0 Å². The van der Waals surface area contributed by atoms with Crippen LogP contribution in [-0.4, -0.2) is 32.2 Å². The predicted octanol–water partition coefficient (Wildman–Crippen LogP) is 5.03. The third-order valence-corrected chi connectivity index (χ3v) is 4.70. The Hall–Kier alpha value is -3.09. The van der Waals surface area contributed by atoms with Gasteiger partial charge in [-0.25, -0.2) is 4.79 Å². The van der Waals surface area contributed by atoms with Crippen molar-refractivity contribution in [2.24, 2.45) is 7.05 Å². The normalized spacial score (nSPS) is 10.2. The van der Waals surface area contributed by atoms with Crippen LogP contribution in [0.25, 0.3) is 33.3 Å². The topological polar surface area (TPSA) is 77.2 Å². The van der Waals surface area contributed by atoms with Gasteiger partial charge >= 0.3 is 5.97 Å². The summed E-state index contributed by atoms with van der Waals surface area (Å²) in [4.78, 5) is 21.1. The summed E-state index contributed by atoms with van der Waals surface area (Å²) in [6, 6.07) is 10.9. The minimum absolute atomic E-state index is 0. The van der Waals surface area contributed by atoms with Gasteiger partial charge in [-0.2, -0.15) is 0 Å². The first kappa shape index (κ1) is 23.2. The molecule has 3 heterocycles. The zero-order valence-electron chi connectivity index (χ0n) is 16.4. The van der Waals surface area contributed by atoms with E-state index in [2.05, 4.69) is 9.97 Å². The summed E-state index contributed by atoms with van der Waals surface area (Å²) >= 11 is 0. The van der Waals surface area contributed by atoms with Crippen molar-refractivity contribution in [2.75, 3.05) is 6.61 Å². The molecule has 30 heavy (non-hydrogen) atoms. The molecule has 0 spiro atoms. The van der Waals surface area contributed by atoms with Crippen molar-refractivity contribution >= 4 is 41.7 Å². The summed E-state index contributed by atoms with van der Waals surface area (Å²) in [7, 11) is 1.89. The number of benzene rings is 1. The minimum atomic E-state index is -0.430. The molecule has 156 valence electrons. The van der Waals surface area contributed by atoms with E-state index in [1.54, 1.807) is 37.8 Å². The zero-order chi connectivity index (χ0) is 19.7. The van der Waals surface area contributed by atoms with Crippen molar-refractivity contribution in [3.05, 3.63) is 66.7 Å². The fraction of sp³-hybridized carbons (Fsp3) is 0.136. The standard InChI is InChI=1S/C22H19N3O3.2ClH/c1-3-28-22(27)20-17-11-19(26)16(14-6-4-8-23-12-14)10-18(17)25(2)21(20)15-7-5-9-24-13-15;;/h4-13,26H,3H2,1-2H3;2*1H. The minimum Gasteiger partial charge on any atom is -0.507 e. The fourth-order valence-corrected chi connectivity index (χ4v) is 3.47. The molecule has 0 radical (unpaired) electrons. The number of esters is 1. The lowest BCUT2D eigenvalue weighted by molar-refractivity contribution is 0.0529. The van der Waals surface area contributed by atoms with Crippen LogP contribution in [0.1, 0.15) is 17.3 Å². The van der Waals surface area contributed by atoms with Crippen LogP contribution in [0.4, 0.5) is 0 Å². The number of pyridine rings is 2. The first-order chi connectivity index (χ1) is 13.6. The average Bonchev–Trinajstić information content (AvgIpc) is 3.00. The molecule has 0 saturated heterocycles. The Morgan fingerprint density at radius 2 is 1.70 bits per heavy atom. The Balaban J connectivity index is 0.00000160. The second-order valence-corrected chi connectivity index (χ2v) is 6.37. The second kappa shape index (κ2) is 9.61. The first-order valence-electron chi connectivity index (χ1n) is 8.95. The number of phenols is 1. The number of aryl methyl sites for hydroxylation is 1. The Bertz CT molecular complexity index is 1160. The van der Waals surface area contributed by atoms with Gasteiger partial charge in [-0.15, -0.1) is 24.8 Å². The zero-order valence-corrected chi connectivity index (χ0v) is 18.0. The van der Waals surface area contributed by atoms with Crippen LogP contribution in [0.5, 0.6) is 5.75 Å². The van der Waals surface area contributed by atoms with Crippen molar-refractivity contribution in [1.29, 1.82) is 0 Å². The quantitative estimate of drug-likeness (QED) is 0.445. The number of nitrogens with zero attached hydrogens (tertiary/aromatic N) is 3. The van der Waals surface area contributed by atoms with E-state index in [-0.39, 0.29) is 37.2 Å². The molecule has 6 nitrogen and oxygen atoms in total. The Morgan fingerprint density at radius 3 is 2.27 bits per heavy atom. The number of phenolic OH excluding ortho intramolecular Hbond substituents is 1. The number of aromatic nitrogens is 3. The van der Waals surface area contributed by atoms with Gasteiger partial charge in [0.1, 0.15) is 5.75 Å². The van der Waals surface area contributed by atoms with E-state index in [1.165, 1.54) is 0 Å². The average molecular weight is 446 g/mol. The van der Waals surface area contributed by atoms with Gasteiger partial charge in [0.25, 0.3) is 0 Å². The van der Waals surface area contributed by atoms with E-state index in [4.69, 9.17) is 4.74 Å². The third kappa shape index (κ3) is 3.97. The van der Waals surface area contributed by atoms with Gasteiger partial charge in [0.2, 0.25) is 0 Å². The first-order valence-corrected chi connectivity index (χ1v) is 8.95. The van der Waals surface area contributed by atoms with E-state index in [9.17, 15) is 9.90 Å². The van der Waals surface area contributed by atoms with Gasteiger partial charge in [0.15, 0.2) is 0 Å². The molecule has 0 aliphatic rings. The van der Waals surface area contributed by atoms with Gasteiger partial charge in [-0.1, -0.05) is 6.07 Å². The molecule has 0 atom stereocenters. The molecule has 0 unspecified atom stereocenters. The molecule has 0 amide bonds. The van der Waals surface area contributed by atoms with Gasteiger partial charge < -0.3 is 14.4 Å². The Morgan fingerprint density at radius 1 is 1.07 bits per heavy atom. The molecule has 4 rings (SSSR count). The van der Waals surface area contributed by atoms with E-state index in [1.807, 2.05) is 41.9 Å². The summed E-state index contributed by atoms with van der Waals surface area (Å²) < 4.78 is 7.23. The Labute approximate surface area is 186 Å². The van der Waals surface area contributed by atoms with Gasteiger partial charge in [0.05, 0.1) is 23.4 Å². The van der Waals surface area contributed by atoms with Crippen molar-refractivity contribution < 1.29 is 14.6 Å². The highest BCUT2D eigenvalue weighted by Gasteiger charge is 2.25. The van der Waals surface area contributed by atoms with Crippen molar-refractivity contribution in [3.8, 4) is 28.1 Å². The number of carbonyl (C=O) groups is 1. The predicted molar refractivity (Wildman–Crippen MR) is 121 cm³/mol. The number of ether oxygens (including phenoxy) is 1. The summed E-state index contributed by atoms with van der Waals surface area (Å²) in [5, 5.41) is 11.3. The number of carbonyl (C=O) groups excluding carboxylic acids is 1. The summed E-state index contributed by atoms with van der Waals surface area (Å²) in [6.07, 6.45) is 6.76. The van der Waals surface area contributed by atoms with Crippen LogP contribution >= 0.6 is 24.8 Å². The van der Waals surface area contributed by atoms with Crippen LogP contribution in [0.2, 0.25) is 0 Å². The molecule has 0 bridgehead atoms. The largest absolute Gasteiger partial charge is 0.507 e. The second-order valence-electron chi connectivity index (χ2n) is 6.37. The van der Waals surface area contributed by atoms with E-state index >= 15 is 0 Å². The molecule has 0 aliphatic carbocycles. The van der Waals surface area contributed by atoms with Crippen LogP contribution < -0.4 is 0 Å². The Kier molecular flexibility index (Phi) is 7.43. The SMILES string of the molecule is CCOC(=O)c1c(-c2cccnc2)n(C)c2cc(-c3cccnc3)c(O)cc12.Cl.Cl. The fourth-order valence-electron chi connectivity index (χ4n) is 3.47. The molecule has 0 aliphatic heterocycles. The molecule has 4 aromatic rings. The van der Waals surface area contributed by atoms with Crippen LogP contribution in [0, 0.1) is 0 Å². The summed E-state index contributed by atoms with van der Waals surface area (Å²) in [6.45, 7) is 2.03. The lowest BCUT2D eigenvalue weighted by Gasteiger charge is -2.07.